The molecule has 0 aliphatic rings. The fourth-order valence-corrected chi connectivity index (χ4v) is 3.35. The first-order chi connectivity index (χ1) is 11.3. The van der Waals surface area contributed by atoms with Gasteiger partial charge >= 0.3 is 0 Å². The molecule has 1 amide bonds. The summed E-state index contributed by atoms with van der Waals surface area (Å²) in [6, 6.07) is 13.8. The van der Waals surface area contributed by atoms with E-state index in [2.05, 4.69) is 5.32 Å². The number of carbonyl (C=O) groups excluding carboxylic acids is 1. The number of hydrogen-bond acceptors (Lipinski definition) is 3. The third-order valence-electron chi connectivity index (χ3n) is 3.44. The van der Waals surface area contributed by atoms with Crippen LogP contribution in [0.5, 0.6) is 0 Å². The predicted octanol–water partition coefficient (Wildman–Crippen LogP) is 1.40. The maximum absolute atomic E-state index is 12.2. The number of para-hydroxylation sites is 1. The number of quaternary nitrogens is 1. The Labute approximate surface area is 147 Å². The molecule has 0 radical (unpaired) electrons. The molecule has 1 atom stereocenters. The fourth-order valence-electron chi connectivity index (χ4n) is 2.37. The highest BCUT2D eigenvalue weighted by molar-refractivity contribution is 7.90. The van der Waals surface area contributed by atoms with Crippen LogP contribution in [0.3, 0.4) is 0 Å². The van der Waals surface area contributed by atoms with Crippen LogP contribution in [0.2, 0.25) is 5.02 Å². The van der Waals surface area contributed by atoms with Crippen molar-refractivity contribution in [2.24, 2.45) is 0 Å². The van der Waals surface area contributed by atoms with Gasteiger partial charge in [-0.15, -0.1) is 0 Å². The van der Waals surface area contributed by atoms with Gasteiger partial charge in [0.25, 0.3) is 5.91 Å². The molecule has 128 valence electrons. The summed E-state index contributed by atoms with van der Waals surface area (Å²) in [4.78, 5) is 13.3. The van der Waals surface area contributed by atoms with Gasteiger partial charge in [-0.2, -0.15) is 0 Å². The molecule has 2 aromatic rings. The van der Waals surface area contributed by atoms with Gasteiger partial charge in [-0.3, -0.25) is 4.79 Å². The van der Waals surface area contributed by atoms with Crippen molar-refractivity contribution in [3.63, 3.8) is 0 Å². The highest BCUT2D eigenvalue weighted by Crippen LogP contribution is 2.20. The topological polar surface area (TPSA) is 67.7 Å². The third-order valence-corrected chi connectivity index (χ3v) is 4.85. The average molecular weight is 368 g/mol. The van der Waals surface area contributed by atoms with E-state index in [0.29, 0.717) is 17.3 Å². The van der Waals surface area contributed by atoms with Gasteiger partial charge in [0.05, 0.1) is 17.6 Å². The second-order valence-corrected chi connectivity index (χ2v) is 8.17. The molecule has 0 heterocycles. The van der Waals surface area contributed by atoms with Gasteiger partial charge < -0.3 is 10.2 Å². The van der Waals surface area contributed by atoms with Crippen LogP contribution in [-0.4, -0.2) is 34.2 Å². The number of amides is 1. The summed E-state index contributed by atoms with van der Waals surface area (Å²) in [6.45, 7) is 0.888. The first-order valence-corrected chi connectivity index (χ1v) is 9.67. The van der Waals surface area contributed by atoms with Crippen LogP contribution < -0.4 is 10.2 Å². The van der Waals surface area contributed by atoms with Crippen molar-refractivity contribution in [3.05, 3.63) is 59.1 Å². The zero-order valence-corrected chi connectivity index (χ0v) is 15.1. The Balaban J connectivity index is 2.00. The van der Waals surface area contributed by atoms with E-state index in [0.717, 1.165) is 16.7 Å². The van der Waals surface area contributed by atoms with E-state index in [-0.39, 0.29) is 17.3 Å². The summed E-state index contributed by atoms with van der Waals surface area (Å²) < 4.78 is 23.5. The van der Waals surface area contributed by atoms with Crippen molar-refractivity contribution in [2.75, 3.05) is 25.2 Å². The summed E-state index contributed by atoms with van der Waals surface area (Å²) in [5, 5.41) is 3.36. The molecule has 2 aromatic carbocycles. The van der Waals surface area contributed by atoms with Crippen LogP contribution in [0.1, 0.15) is 5.56 Å². The van der Waals surface area contributed by atoms with Gasteiger partial charge in [0, 0.05) is 16.8 Å². The van der Waals surface area contributed by atoms with Crippen LogP contribution in [0.15, 0.2) is 53.4 Å². The molecule has 1 unspecified atom stereocenters. The first-order valence-electron chi connectivity index (χ1n) is 7.40. The molecule has 0 fully saturated rings. The lowest BCUT2D eigenvalue weighted by Crippen LogP contribution is -3.08. The summed E-state index contributed by atoms with van der Waals surface area (Å²) >= 11 is 5.85. The maximum atomic E-state index is 12.2. The fraction of sp³-hybridized carbons (Fsp3) is 0.235. The molecule has 0 saturated heterocycles. The van der Waals surface area contributed by atoms with Crippen LogP contribution in [-0.2, 0) is 21.2 Å². The van der Waals surface area contributed by atoms with Gasteiger partial charge in [0.2, 0.25) is 0 Å². The lowest BCUT2D eigenvalue weighted by Gasteiger charge is -2.15. The van der Waals surface area contributed by atoms with Crippen molar-refractivity contribution in [3.8, 4) is 0 Å². The highest BCUT2D eigenvalue weighted by Gasteiger charge is 2.16. The number of halogens is 1. The molecule has 24 heavy (non-hydrogen) atoms. The van der Waals surface area contributed by atoms with Gasteiger partial charge in [-0.25, -0.2) is 8.42 Å². The molecular weight excluding hydrogens is 348 g/mol. The van der Waals surface area contributed by atoms with Crippen molar-refractivity contribution in [2.45, 2.75) is 11.4 Å². The van der Waals surface area contributed by atoms with Gasteiger partial charge in [0.1, 0.15) is 6.54 Å². The zero-order chi connectivity index (χ0) is 17.7. The number of carbonyl (C=O) groups is 1. The Bertz CT molecular complexity index is 820. The molecule has 5 nitrogen and oxygen atoms in total. The number of likely N-dealkylation sites (N-methyl/N-ethyl adjacent to an activating group) is 1. The van der Waals surface area contributed by atoms with Crippen LogP contribution >= 0.6 is 11.6 Å². The largest absolute Gasteiger partial charge is 0.326 e. The van der Waals surface area contributed by atoms with Crippen LogP contribution in [0.4, 0.5) is 5.69 Å². The predicted molar refractivity (Wildman–Crippen MR) is 95.1 cm³/mol. The second kappa shape index (κ2) is 7.79. The smallest absolute Gasteiger partial charge is 0.279 e. The zero-order valence-electron chi connectivity index (χ0n) is 13.5. The van der Waals surface area contributed by atoms with E-state index in [1.54, 1.807) is 18.2 Å². The minimum Gasteiger partial charge on any atom is -0.326 e. The Morgan fingerprint density at radius 1 is 1.12 bits per heavy atom. The van der Waals surface area contributed by atoms with E-state index in [1.807, 2.05) is 31.3 Å². The van der Waals surface area contributed by atoms with E-state index < -0.39 is 9.84 Å². The Morgan fingerprint density at radius 2 is 1.75 bits per heavy atom. The summed E-state index contributed by atoms with van der Waals surface area (Å²) in [5.74, 6) is -0.238. The number of nitrogens with one attached hydrogen (secondary N) is 2. The quantitative estimate of drug-likeness (QED) is 0.811. The van der Waals surface area contributed by atoms with Crippen LogP contribution in [0, 0.1) is 0 Å². The molecule has 2 N–H and O–H groups in total. The molecular formula is C17H20ClN2O3S+. The molecule has 0 bridgehead atoms. The first kappa shape index (κ1) is 18.4. The third kappa shape index (κ3) is 5.33. The summed E-state index contributed by atoms with van der Waals surface area (Å²) in [6.07, 6.45) is 1.12. The molecule has 0 saturated carbocycles. The number of benzene rings is 2. The molecule has 0 aromatic heterocycles. The Kier molecular flexibility index (Phi) is 5.99. The van der Waals surface area contributed by atoms with E-state index in [9.17, 15) is 13.2 Å². The summed E-state index contributed by atoms with van der Waals surface area (Å²) in [5.41, 5.74) is 1.38. The van der Waals surface area contributed by atoms with Gasteiger partial charge in [-0.05, 0) is 24.3 Å². The van der Waals surface area contributed by atoms with E-state index >= 15 is 0 Å². The average Bonchev–Trinajstić information content (AvgIpc) is 2.49. The molecule has 0 aliphatic carbocycles. The number of rotatable bonds is 6. The van der Waals surface area contributed by atoms with Crippen molar-refractivity contribution in [1.29, 1.82) is 0 Å². The Hall–Kier alpha value is -1.89. The van der Waals surface area contributed by atoms with Crippen LogP contribution in [0.25, 0.3) is 0 Å². The van der Waals surface area contributed by atoms with Crippen molar-refractivity contribution < 1.29 is 18.1 Å². The monoisotopic (exact) mass is 367 g/mol. The van der Waals surface area contributed by atoms with E-state index in [1.165, 1.54) is 6.07 Å². The van der Waals surface area contributed by atoms with Crippen molar-refractivity contribution >= 4 is 33.0 Å². The molecule has 0 aliphatic heterocycles. The lowest BCUT2D eigenvalue weighted by atomic mass is 10.2. The maximum Gasteiger partial charge on any atom is 0.279 e. The normalized spacial score (nSPS) is 12.6. The minimum atomic E-state index is -3.39. The lowest BCUT2D eigenvalue weighted by molar-refractivity contribution is -0.885. The molecule has 2 rings (SSSR count). The minimum absolute atomic E-state index is 0.119. The number of sulfone groups is 1. The van der Waals surface area contributed by atoms with Gasteiger partial charge in [-0.1, -0.05) is 35.9 Å². The van der Waals surface area contributed by atoms with Gasteiger partial charge in [0.15, 0.2) is 16.4 Å². The SMILES string of the molecule is C[NH+](CC(=O)Nc1ccccc1S(C)(=O)=O)Cc1ccc(Cl)cc1. The highest BCUT2D eigenvalue weighted by atomic mass is 35.5. The van der Waals surface area contributed by atoms with Crippen molar-refractivity contribution in [1.82, 2.24) is 0 Å². The number of hydrogen-bond donors (Lipinski definition) is 2. The van der Waals surface area contributed by atoms with E-state index in [4.69, 9.17) is 11.6 Å². The number of anilines is 1. The molecule has 7 heteroatoms. The standard InChI is InChI=1S/C17H19ClN2O3S/c1-20(11-13-7-9-14(18)10-8-13)12-17(21)19-15-5-3-4-6-16(15)24(2,22)23/h3-10H,11-12H2,1-2H3,(H,19,21)/p+1. The molecule has 0 spiro atoms. The second-order valence-electron chi connectivity index (χ2n) is 5.75. The Morgan fingerprint density at radius 3 is 2.38 bits per heavy atom. The summed E-state index contributed by atoms with van der Waals surface area (Å²) in [7, 11) is -1.49.